The number of likely N-dealkylation sites (N-methyl/N-ethyl adjacent to an activating group) is 1. The number of aliphatic hydroxyl groups excluding tert-OH is 1. The van der Waals surface area contributed by atoms with Gasteiger partial charge in [0, 0.05) is 22.2 Å². The Morgan fingerprint density at radius 1 is 1.37 bits per heavy atom. The van der Waals surface area contributed by atoms with Crippen LogP contribution in [-0.4, -0.2) is 42.7 Å². The molecular formula is C15H21N2O2+. The predicted octanol–water partition coefficient (Wildman–Crippen LogP) is 0.268. The summed E-state index contributed by atoms with van der Waals surface area (Å²) in [5.74, 6) is 0. The number of rotatable bonds is 5. The van der Waals surface area contributed by atoms with Crippen molar-refractivity contribution in [1.29, 1.82) is 0 Å². The van der Waals surface area contributed by atoms with Gasteiger partial charge in [0.1, 0.15) is 12.6 Å². The first-order valence-electron chi connectivity index (χ1n) is 6.54. The lowest BCUT2D eigenvalue weighted by atomic mass is 10.1. The van der Waals surface area contributed by atoms with Crippen molar-refractivity contribution in [1.82, 2.24) is 4.57 Å². The maximum absolute atomic E-state index is 11.2. The number of quaternary nitrogens is 1. The van der Waals surface area contributed by atoms with Crippen LogP contribution in [0.2, 0.25) is 0 Å². The fraction of sp³-hybridized carbons (Fsp3) is 0.400. The molecule has 0 radical (unpaired) electrons. The number of aromatic nitrogens is 1. The summed E-state index contributed by atoms with van der Waals surface area (Å²) in [7, 11) is 4.03. The van der Waals surface area contributed by atoms with E-state index in [1.807, 2.05) is 49.9 Å². The average Bonchev–Trinajstić information content (AvgIpc) is 2.61. The molecule has 1 atom stereocenters. The van der Waals surface area contributed by atoms with E-state index in [0.717, 1.165) is 28.4 Å². The second-order valence-electron chi connectivity index (χ2n) is 5.31. The molecule has 1 aromatic heterocycles. The number of carbonyl (C=O) groups is 1. The monoisotopic (exact) mass is 261 g/mol. The van der Waals surface area contributed by atoms with Gasteiger partial charge in [0.05, 0.1) is 20.6 Å². The Morgan fingerprint density at radius 2 is 2.05 bits per heavy atom. The number of aldehydes is 1. The van der Waals surface area contributed by atoms with Crippen molar-refractivity contribution in [3.05, 3.63) is 35.5 Å². The fourth-order valence-electron chi connectivity index (χ4n) is 2.59. The summed E-state index contributed by atoms with van der Waals surface area (Å²) in [5, 5.41) is 11.1. The number of nitrogens with one attached hydrogen (secondary N) is 1. The number of benzene rings is 1. The first kappa shape index (κ1) is 13.8. The molecule has 0 fully saturated rings. The van der Waals surface area contributed by atoms with Crippen molar-refractivity contribution < 1.29 is 14.8 Å². The van der Waals surface area contributed by atoms with Gasteiger partial charge in [-0.25, -0.2) is 0 Å². The van der Waals surface area contributed by atoms with E-state index in [9.17, 15) is 9.90 Å². The van der Waals surface area contributed by atoms with Gasteiger partial charge in [-0.05, 0) is 13.0 Å². The summed E-state index contributed by atoms with van der Waals surface area (Å²) in [6.45, 7) is 3.13. The van der Waals surface area contributed by atoms with E-state index in [0.29, 0.717) is 13.1 Å². The molecule has 4 heteroatoms. The zero-order valence-corrected chi connectivity index (χ0v) is 11.7. The first-order valence-corrected chi connectivity index (χ1v) is 6.54. The third kappa shape index (κ3) is 2.69. The van der Waals surface area contributed by atoms with Gasteiger partial charge in [0.15, 0.2) is 6.29 Å². The summed E-state index contributed by atoms with van der Waals surface area (Å²) in [6.07, 6.45) is 0.483. The van der Waals surface area contributed by atoms with Crippen molar-refractivity contribution in [2.24, 2.45) is 0 Å². The molecule has 1 aromatic carbocycles. The van der Waals surface area contributed by atoms with Gasteiger partial charge in [-0.15, -0.1) is 0 Å². The summed E-state index contributed by atoms with van der Waals surface area (Å²) in [4.78, 5) is 12.4. The van der Waals surface area contributed by atoms with Crippen LogP contribution in [0.15, 0.2) is 24.3 Å². The van der Waals surface area contributed by atoms with Crippen LogP contribution in [0.4, 0.5) is 0 Å². The lowest BCUT2D eigenvalue weighted by molar-refractivity contribution is -0.861. The molecule has 0 unspecified atom stereocenters. The number of fused-ring (bicyclic) bond motifs is 1. The van der Waals surface area contributed by atoms with E-state index in [1.54, 1.807) is 0 Å². The second-order valence-corrected chi connectivity index (χ2v) is 5.31. The normalized spacial score (nSPS) is 13.1. The largest absolute Gasteiger partial charge is 0.385 e. The Hall–Kier alpha value is -1.65. The SMILES string of the molecule is Cc1c(C=O)c2ccccc2n1C[C@@H](O)C[NH+](C)C. The van der Waals surface area contributed by atoms with Gasteiger partial charge in [-0.2, -0.15) is 0 Å². The quantitative estimate of drug-likeness (QED) is 0.759. The van der Waals surface area contributed by atoms with Gasteiger partial charge in [0.2, 0.25) is 0 Å². The molecule has 1 heterocycles. The highest BCUT2D eigenvalue weighted by Crippen LogP contribution is 2.24. The molecule has 0 aliphatic rings. The van der Waals surface area contributed by atoms with Gasteiger partial charge in [0.25, 0.3) is 0 Å². The number of para-hydroxylation sites is 1. The number of hydrogen-bond acceptors (Lipinski definition) is 2. The van der Waals surface area contributed by atoms with Gasteiger partial charge >= 0.3 is 0 Å². The van der Waals surface area contributed by atoms with E-state index in [1.165, 1.54) is 4.90 Å². The number of hydrogen-bond donors (Lipinski definition) is 2. The van der Waals surface area contributed by atoms with Crippen LogP contribution < -0.4 is 4.90 Å². The average molecular weight is 261 g/mol. The Bertz CT molecular complexity index is 587. The van der Waals surface area contributed by atoms with E-state index in [4.69, 9.17) is 0 Å². The minimum Gasteiger partial charge on any atom is -0.385 e. The molecule has 0 aliphatic carbocycles. The minimum atomic E-state index is -0.418. The topological polar surface area (TPSA) is 46.7 Å². The highest BCUT2D eigenvalue weighted by Gasteiger charge is 2.16. The Kier molecular flexibility index (Phi) is 4.02. The molecule has 2 rings (SSSR count). The van der Waals surface area contributed by atoms with E-state index < -0.39 is 6.10 Å². The molecule has 2 aromatic rings. The number of aliphatic hydroxyl groups is 1. The maximum atomic E-state index is 11.2. The van der Waals surface area contributed by atoms with Crippen LogP contribution >= 0.6 is 0 Å². The van der Waals surface area contributed by atoms with Crippen LogP contribution in [0.3, 0.4) is 0 Å². The van der Waals surface area contributed by atoms with E-state index in [-0.39, 0.29) is 0 Å². The predicted molar refractivity (Wildman–Crippen MR) is 75.7 cm³/mol. The molecule has 0 saturated carbocycles. The van der Waals surface area contributed by atoms with E-state index >= 15 is 0 Å². The van der Waals surface area contributed by atoms with Crippen LogP contribution in [0.25, 0.3) is 10.9 Å². The summed E-state index contributed by atoms with van der Waals surface area (Å²) >= 11 is 0. The molecule has 0 spiro atoms. The van der Waals surface area contributed by atoms with Crippen molar-refractivity contribution in [3.8, 4) is 0 Å². The smallest absolute Gasteiger partial charge is 0.152 e. The molecule has 4 nitrogen and oxygen atoms in total. The molecular weight excluding hydrogens is 240 g/mol. The Morgan fingerprint density at radius 3 is 2.68 bits per heavy atom. The van der Waals surface area contributed by atoms with Crippen LogP contribution in [0, 0.1) is 6.92 Å². The Labute approximate surface area is 113 Å². The van der Waals surface area contributed by atoms with Crippen LogP contribution in [-0.2, 0) is 6.54 Å². The second kappa shape index (κ2) is 5.55. The zero-order chi connectivity index (χ0) is 14.0. The summed E-state index contributed by atoms with van der Waals surface area (Å²) in [5.41, 5.74) is 2.65. The first-order chi connectivity index (χ1) is 9.04. The van der Waals surface area contributed by atoms with Gasteiger partial charge in [-0.1, -0.05) is 18.2 Å². The molecule has 0 bridgehead atoms. The van der Waals surface area contributed by atoms with Crippen molar-refractivity contribution in [2.45, 2.75) is 19.6 Å². The van der Waals surface area contributed by atoms with Crippen LogP contribution in [0.1, 0.15) is 16.1 Å². The highest BCUT2D eigenvalue weighted by molar-refractivity contribution is 5.99. The standard InChI is InChI=1S/C15H20N2O2/c1-11-14(10-18)13-6-4-5-7-15(13)17(11)9-12(19)8-16(2)3/h4-7,10,12,19H,8-9H2,1-3H3/p+1/t12-/m0/s1. The molecule has 19 heavy (non-hydrogen) atoms. The summed E-state index contributed by atoms with van der Waals surface area (Å²) < 4.78 is 2.03. The molecule has 2 N–H and O–H groups in total. The summed E-state index contributed by atoms with van der Waals surface area (Å²) in [6, 6.07) is 7.83. The van der Waals surface area contributed by atoms with Gasteiger partial charge < -0.3 is 14.6 Å². The molecule has 0 saturated heterocycles. The third-order valence-corrected chi connectivity index (χ3v) is 3.43. The van der Waals surface area contributed by atoms with Crippen LogP contribution in [0.5, 0.6) is 0 Å². The minimum absolute atomic E-state index is 0.418. The molecule has 102 valence electrons. The fourth-order valence-corrected chi connectivity index (χ4v) is 2.59. The third-order valence-electron chi connectivity index (χ3n) is 3.43. The molecule has 0 aliphatic heterocycles. The maximum Gasteiger partial charge on any atom is 0.152 e. The van der Waals surface area contributed by atoms with E-state index in [2.05, 4.69) is 0 Å². The lowest BCUT2D eigenvalue weighted by Gasteiger charge is -2.16. The van der Waals surface area contributed by atoms with Gasteiger partial charge in [-0.3, -0.25) is 4.79 Å². The zero-order valence-electron chi connectivity index (χ0n) is 11.7. The molecule has 0 amide bonds. The van der Waals surface area contributed by atoms with Crippen molar-refractivity contribution in [3.63, 3.8) is 0 Å². The highest BCUT2D eigenvalue weighted by atomic mass is 16.3. The number of carbonyl (C=O) groups excluding carboxylic acids is 1. The number of nitrogens with zero attached hydrogens (tertiary/aromatic N) is 1. The Balaban J connectivity index is 2.42. The van der Waals surface area contributed by atoms with Crippen molar-refractivity contribution >= 4 is 17.2 Å². The van der Waals surface area contributed by atoms with Crippen molar-refractivity contribution in [2.75, 3.05) is 20.6 Å². The lowest BCUT2D eigenvalue weighted by Crippen LogP contribution is -3.07.